The molecule has 1 atom stereocenters. The second-order valence-electron chi connectivity index (χ2n) is 2.65. The molecule has 0 radical (unpaired) electrons. The molecule has 1 aromatic rings. The predicted octanol–water partition coefficient (Wildman–Crippen LogP) is 1.72. The first kappa shape index (κ1) is 10.7. The molecule has 0 aliphatic carbocycles. The van der Waals surface area contributed by atoms with Crippen LogP contribution in [0.3, 0.4) is 0 Å². The Kier molecular flexibility index (Phi) is 3.59. The smallest absolute Gasteiger partial charge is 0.165 e. The van der Waals surface area contributed by atoms with Crippen molar-refractivity contribution < 1.29 is 18.7 Å². The molecule has 0 bridgehead atoms. The SMILES string of the molecule is COc1c(F)cccc1C(C=O)OC. The van der Waals surface area contributed by atoms with Crippen LogP contribution in [-0.4, -0.2) is 20.5 Å². The van der Waals surface area contributed by atoms with Gasteiger partial charge in [0.15, 0.2) is 17.9 Å². The van der Waals surface area contributed by atoms with Gasteiger partial charge in [0.05, 0.1) is 7.11 Å². The second kappa shape index (κ2) is 4.72. The van der Waals surface area contributed by atoms with E-state index in [0.717, 1.165) is 0 Å². The summed E-state index contributed by atoms with van der Waals surface area (Å²) < 4.78 is 22.9. The van der Waals surface area contributed by atoms with Crippen molar-refractivity contribution in [2.24, 2.45) is 0 Å². The number of aldehydes is 1. The average molecular weight is 198 g/mol. The van der Waals surface area contributed by atoms with Gasteiger partial charge < -0.3 is 14.3 Å². The summed E-state index contributed by atoms with van der Waals surface area (Å²) in [5.41, 5.74) is 0.394. The molecule has 1 rings (SSSR count). The van der Waals surface area contributed by atoms with Crippen LogP contribution in [0.25, 0.3) is 0 Å². The zero-order valence-electron chi connectivity index (χ0n) is 7.99. The molecule has 0 fully saturated rings. The van der Waals surface area contributed by atoms with Crippen molar-refractivity contribution in [1.29, 1.82) is 0 Å². The lowest BCUT2D eigenvalue weighted by Crippen LogP contribution is -2.05. The van der Waals surface area contributed by atoms with Gasteiger partial charge in [-0.15, -0.1) is 0 Å². The summed E-state index contributed by atoms with van der Waals surface area (Å²) in [5.74, 6) is -0.458. The Morgan fingerprint density at radius 2 is 2.14 bits per heavy atom. The van der Waals surface area contributed by atoms with Gasteiger partial charge in [-0.3, -0.25) is 0 Å². The van der Waals surface area contributed by atoms with Gasteiger partial charge >= 0.3 is 0 Å². The number of hydrogen-bond acceptors (Lipinski definition) is 3. The van der Waals surface area contributed by atoms with E-state index in [2.05, 4.69) is 0 Å². The Hall–Kier alpha value is -1.42. The summed E-state index contributed by atoms with van der Waals surface area (Å²) in [7, 11) is 2.73. The first-order chi connectivity index (χ1) is 6.74. The lowest BCUT2D eigenvalue weighted by Gasteiger charge is -2.13. The fourth-order valence-corrected chi connectivity index (χ4v) is 1.22. The van der Waals surface area contributed by atoms with Crippen LogP contribution in [-0.2, 0) is 9.53 Å². The molecular weight excluding hydrogens is 187 g/mol. The van der Waals surface area contributed by atoms with Crippen molar-refractivity contribution in [2.45, 2.75) is 6.10 Å². The molecule has 0 aliphatic rings. The lowest BCUT2D eigenvalue weighted by atomic mass is 10.1. The van der Waals surface area contributed by atoms with Gasteiger partial charge in [0.1, 0.15) is 6.10 Å². The van der Waals surface area contributed by atoms with Crippen LogP contribution in [0.1, 0.15) is 11.7 Å². The number of carbonyl (C=O) groups is 1. The average Bonchev–Trinajstić information content (AvgIpc) is 2.20. The molecule has 4 heteroatoms. The van der Waals surface area contributed by atoms with E-state index in [1.807, 2.05) is 0 Å². The van der Waals surface area contributed by atoms with Crippen molar-refractivity contribution >= 4 is 6.29 Å². The Morgan fingerprint density at radius 1 is 1.43 bits per heavy atom. The number of para-hydroxylation sites is 1. The van der Waals surface area contributed by atoms with Crippen molar-refractivity contribution in [3.8, 4) is 5.75 Å². The standard InChI is InChI=1S/C10H11FO3/c1-13-9(6-12)7-4-3-5-8(11)10(7)14-2/h3-6,9H,1-2H3. The molecule has 76 valence electrons. The molecule has 14 heavy (non-hydrogen) atoms. The fourth-order valence-electron chi connectivity index (χ4n) is 1.22. The Bertz CT molecular complexity index is 325. The van der Waals surface area contributed by atoms with Gasteiger partial charge in [0.25, 0.3) is 0 Å². The van der Waals surface area contributed by atoms with Crippen molar-refractivity contribution in [3.05, 3.63) is 29.6 Å². The second-order valence-corrected chi connectivity index (χ2v) is 2.65. The van der Waals surface area contributed by atoms with Crippen LogP contribution < -0.4 is 4.74 Å². The number of carbonyl (C=O) groups excluding carboxylic acids is 1. The van der Waals surface area contributed by atoms with Crippen molar-refractivity contribution in [2.75, 3.05) is 14.2 Å². The first-order valence-corrected chi connectivity index (χ1v) is 4.05. The number of rotatable bonds is 4. The summed E-state index contributed by atoms with van der Waals surface area (Å²) in [6.45, 7) is 0. The van der Waals surface area contributed by atoms with E-state index in [4.69, 9.17) is 9.47 Å². The van der Waals surface area contributed by atoms with Gasteiger partial charge in [0.2, 0.25) is 0 Å². The summed E-state index contributed by atoms with van der Waals surface area (Å²) in [6.07, 6.45) is -0.197. The molecular formula is C10H11FO3. The van der Waals surface area contributed by atoms with E-state index in [9.17, 15) is 9.18 Å². The molecule has 1 aromatic carbocycles. The third-order valence-corrected chi connectivity index (χ3v) is 1.89. The molecule has 0 saturated carbocycles. The van der Waals surface area contributed by atoms with E-state index < -0.39 is 11.9 Å². The largest absolute Gasteiger partial charge is 0.493 e. The zero-order valence-corrected chi connectivity index (χ0v) is 7.99. The molecule has 0 N–H and O–H groups in total. The van der Waals surface area contributed by atoms with Gasteiger partial charge in [-0.2, -0.15) is 0 Å². The van der Waals surface area contributed by atoms with Gasteiger partial charge in [-0.05, 0) is 6.07 Å². The molecule has 3 nitrogen and oxygen atoms in total. The predicted molar refractivity (Wildman–Crippen MR) is 48.8 cm³/mol. The highest BCUT2D eigenvalue weighted by atomic mass is 19.1. The quantitative estimate of drug-likeness (QED) is 0.691. The van der Waals surface area contributed by atoms with Crippen LogP contribution >= 0.6 is 0 Å². The number of ether oxygens (including phenoxy) is 2. The summed E-state index contributed by atoms with van der Waals surface area (Å²) >= 11 is 0. The molecule has 0 spiro atoms. The third-order valence-electron chi connectivity index (χ3n) is 1.89. The van der Waals surface area contributed by atoms with Crippen LogP contribution in [0.15, 0.2) is 18.2 Å². The molecule has 0 amide bonds. The third kappa shape index (κ3) is 1.90. The summed E-state index contributed by atoms with van der Waals surface area (Å²) in [5, 5.41) is 0. The van der Waals surface area contributed by atoms with E-state index in [1.54, 1.807) is 6.07 Å². The first-order valence-electron chi connectivity index (χ1n) is 4.05. The normalized spacial score (nSPS) is 12.2. The maximum Gasteiger partial charge on any atom is 0.165 e. The van der Waals surface area contributed by atoms with Crippen molar-refractivity contribution in [3.63, 3.8) is 0 Å². The summed E-state index contributed by atoms with van der Waals surface area (Å²) in [6, 6.07) is 4.35. The van der Waals surface area contributed by atoms with Crippen LogP contribution in [0.4, 0.5) is 4.39 Å². The molecule has 0 aliphatic heterocycles. The minimum atomic E-state index is -0.791. The topological polar surface area (TPSA) is 35.5 Å². The number of halogens is 1. The zero-order chi connectivity index (χ0) is 10.6. The maximum absolute atomic E-state index is 13.2. The fraction of sp³-hybridized carbons (Fsp3) is 0.300. The monoisotopic (exact) mass is 198 g/mol. The Morgan fingerprint density at radius 3 is 2.64 bits per heavy atom. The minimum absolute atomic E-state index is 0.0476. The maximum atomic E-state index is 13.2. The molecule has 0 aromatic heterocycles. The highest BCUT2D eigenvalue weighted by molar-refractivity contribution is 5.62. The van der Waals surface area contributed by atoms with Gasteiger partial charge in [0, 0.05) is 12.7 Å². The van der Waals surface area contributed by atoms with Crippen LogP contribution in [0.5, 0.6) is 5.75 Å². The molecule has 0 heterocycles. The Balaban J connectivity index is 3.18. The van der Waals surface area contributed by atoms with Gasteiger partial charge in [-0.1, -0.05) is 12.1 Å². The molecule has 1 unspecified atom stereocenters. The lowest BCUT2D eigenvalue weighted by molar-refractivity contribution is -0.116. The van der Waals surface area contributed by atoms with E-state index >= 15 is 0 Å². The van der Waals surface area contributed by atoms with E-state index in [-0.39, 0.29) is 5.75 Å². The van der Waals surface area contributed by atoms with Crippen molar-refractivity contribution in [1.82, 2.24) is 0 Å². The summed E-state index contributed by atoms with van der Waals surface area (Å²) in [4.78, 5) is 10.6. The van der Waals surface area contributed by atoms with E-state index in [0.29, 0.717) is 11.8 Å². The Labute approximate surface area is 81.4 Å². The number of methoxy groups -OCH3 is 2. The highest BCUT2D eigenvalue weighted by Crippen LogP contribution is 2.28. The van der Waals surface area contributed by atoms with Crippen LogP contribution in [0.2, 0.25) is 0 Å². The number of benzene rings is 1. The van der Waals surface area contributed by atoms with Gasteiger partial charge in [-0.25, -0.2) is 4.39 Å². The number of hydrogen-bond donors (Lipinski definition) is 0. The van der Waals surface area contributed by atoms with E-state index in [1.165, 1.54) is 26.4 Å². The minimum Gasteiger partial charge on any atom is -0.493 e. The molecule has 0 saturated heterocycles. The highest BCUT2D eigenvalue weighted by Gasteiger charge is 2.17. The van der Waals surface area contributed by atoms with Crippen LogP contribution in [0, 0.1) is 5.82 Å².